The van der Waals surface area contributed by atoms with E-state index in [1.807, 2.05) is 16.9 Å². The summed E-state index contributed by atoms with van der Waals surface area (Å²) in [5.74, 6) is 0. The topological polar surface area (TPSA) is 39.1 Å². The van der Waals surface area contributed by atoms with Gasteiger partial charge in [0, 0.05) is 18.1 Å². The smallest absolute Gasteiger partial charge is 0.115 e. The summed E-state index contributed by atoms with van der Waals surface area (Å²) >= 11 is 0. The summed E-state index contributed by atoms with van der Waals surface area (Å²) < 4.78 is 7.37. The van der Waals surface area contributed by atoms with E-state index in [1.165, 1.54) is 0 Å². The number of rotatable bonds is 4. The van der Waals surface area contributed by atoms with Gasteiger partial charge in [-0.1, -0.05) is 0 Å². The molecule has 4 heteroatoms. The first-order valence-electron chi connectivity index (χ1n) is 6.56. The van der Waals surface area contributed by atoms with Crippen LogP contribution in [0.15, 0.2) is 55.1 Å². The van der Waals surface area contributed by atoms with Crippen LogP contribution in [0.25, 0.3) is 5.69 Å². The monoisotopic (exact) mass is 255 g/mol. The number of nitrogens with one attached hydrogen (secondary N) is 1. The molecule has 0 spiro atoms. The lowest BCUT2D eigenvalue weighted by molar-refractivity contribution is 0.135. The van der Waals surface area contributed by atoms with Crippen LogP contribution < -0.4 is 5.32 Å². The average Bonchev–Trinajstić information content (AvgIpc) is 3.01. The molecule has 1 atom stereocenters. The molecule has 0 aliphatic carbocycles. The Hall–Kier alpha value is -2.23. The number of benzene rings is 1. The Morgan fingerprint density at radius 1 is 1.32 bits per heavy atom. The van der Waals surface area contributed by atoms with Crippen LogP contribution in [-0.4, -0.2) is 22.4 Å². The molecule has 98 valence electrons. The fourth-order valence-electron chi connectivity index (χ4n) is 2.12. The van der Waals surface area contributed by atoms with Gasteiger partial charge in [0.25, 0.3) is 0 Å². The summed E-state index contributed by atoms with van der Waals surface area (Å²) in [4.78, 5) is 0. The van der Waals surface area contributed by atoms with E-state index < -0.39 is 0 Å². The maximum Gasteiger partial charge on any atom is 0.115 e. The molecule has 0 radical (unpaired) electrons. The highest BCUT2D eigenvalue weighted by Crippen LogP contribution is 2.15. The van der Waals surface area contributed by atoms with Crippen molar-refractivity contribution in [2.45, 2.75) is 18.9 Å². The third-order valence-electron chi connectivity index (χ3n) is 3.19. The third-order valence-corrected chi connectivity index (χ3v) is 3.19. The molecule has 2 heterocycles. The van der Waals surface area contributed by atoms with Gasteiger partial charge in [0.15, 0.2) is 0 Å². The van der Waals surface area contributed by atoms with Gasteiger partial charge in [0.2, 0.25) is 0 Å². The van der Waals surface area contributed by atoms with Crippen molar-refractivity contribution >= 4 is 5.69 Å². The van der Waals surface area contributed by atoms with Crippen molar-refractivity contribution < 1.29 is 4.74 Å². The number of hydrogen-bond donors (Lipinski definition) is 1. The Labute approximate surface area is 112 Å². The zero-order valence-corrected chi connectivity index (χ0v) is 10.7. The van der Waals surface area contributed by atoms with Gasteiger partial charge in [0.1, 0.15) is 6.10 Å². The summed E-state index contributed by atoms with van der Waals surface area (Å²) in [6, 6.07) is 10.2. The van der Waals surface area contributed by atoms with Crippen LogP contribution in [0.3, 0.4) is 0 Å². The SMILES string of the molecule is C1=COC(CNc2ccc(-n3cccn3)cc2)CC1. The Morgan fingerprint density at radius 2 is 2.21 bits per heavy atom. The van der Waals surface area contributed by atoms with E-state index in [0.29, 0.717) is 0 Å². The highest BCUT2D eigenvalue weighted by Gasteiger charge is 2.10. The molecule has 4 nitrogen and oxygen atoms in total. The van der Waals surface area contributed by atoms with Gasteiger partial charge in [-0.2, -0.15) is 5.10 Å². The molecule has 1 aromatic carbocycles. The lowest BCUT2D eigenvalue weighted by atomic mass is 10.1. The third kappa shape index (κ3) is 2.96. The molecule has 0 bridgehead atoms. The van der Waals surface area contributed by atoms with E-state index in [9.17, 15) is 0 Å². The lowest BCUT2D eigenvalue weighted by Crippen LogP contribution is -2.22. The molecule has 1 aliphatic rings. The van der Waals surface area contributed by atoms with Gasteiger partial charge < -0.3 is 10.1 Å². The van der Waals surface area contributed by atoms with Crippen LogP contribution in [0.5, 0.6) is 0 Å². The van der Waals surface area contributed by atoms with Crippen LogP contribution >= 0.6 is 0 Å². The number of nitrogens with zero attached hydrogens (tertiary/aromatic N) is 2. The van der Waals surface area contributed by atoms with Crippen molar-refractivity contribution in [3.8, 4) is 5.69 Å². The largest absolute Gasteiger partial charge is 0.497 e. The minimum atomic E-state index is 0.274. The number of allylic oxidation sites excluding steroid dienone is 1. The number of anilines is 1. The van der Waals surface area contributed by atoms with Crippen molar-refractivity contribution in [2.75, 3.05) is 11.9 Å². The first-order chi connectivity index (χ1) is 9.42. The fourth-order valence-corrected chi connectivity index (χ4v) is 2.12. The Morgan fingerprint density at radius 3 is 2.89 bits per heavy atom. The van der Waals surface area contributed by atoms with Gasteiger partial charge in [-0.25, -0.2) is 4.68 Å². The van der Waals surface area contributed by atoms with Crippen molar-refractivity contribution in [2.24, 2.45) is 0 Å². The van der Waals surface area contributed by atoms with E-state index >= 15 is 0 Å². The van der Waals surface area contributed by atoms with Crippen LogP contribution in [-0.2, 0) is 4.74 Å². The Balaban J connectivity index is 1.58. The van der Waals surface area contributed by atoms with Crippen LogP contribution in [0.2, 0.25) is 0 Å². The molecule has 1 unspecified atom stereocenters. The summed E-state index contributed by atoms with van der Waals surface area (Å²) in [5.41, 5.74) is 2.17. The van der Waals surface area contributed by atoms with Crippen LogP contribution in [0.4, 0.5) is 5.69 Å². The molecule has 19 heavy (non-hydrogen) atoms. The minimum Gasteiger partial charge on any atom is -0.497 e. The molecule has 3 rings (SSSR count). The zero-order chi connectivity index (χ0) is 12.9. The molecule has 0 amide bonds. The second kappa shape index (κ2) is 5.61. The molecule has 1 N–H and O–H groups in total. The molecule has 0 fully saturated rings. The second-order valence-electron chi connectivity index (χ2n) is 4.59. The molecule has 1 aliphatic heterocycles. The number of aromatic nitrogens is 2. The molecular formula is C15H17N3O. The second-order valence-corrected chi connectivity index (χ2v) is 4.59. The van der Waals surface area contributed by atoms with E-state index in [1.54, 1.807) is 12.5 Å². The predicted octanol–water partition coefficient (Wildman–Crippen LogP) is 2.98. The van der Waals surface area contributed by atoms with Gasteiger partial charge in [-0.05, 0) is 49.2 Å². The number of hydrogen-bond acceptors (Lipinski definition) is 3. The maximum atomic E-state index is 5.53. The Kier molecular flexibility index (Phi) is 3.49. The summed E-state index contributed by atoms with van der Waals surface area (Å²) in [6.07, 6.45) is 10.0. The van der Waals surface area contributed by atoms with Crippen molar-refractivity contribution in [1.29, 1.82) is 0 Å². The highest BCUT2D eigenvalue weighted by molar-refractivity contribution is 5.48. The van der Waals surface area contributed by atoms with Crippen LogP contribution in [0, 0.1) is 0 Å². The molecule has 0 saturated carbocycles. The summed E-state index contributed by atoms with van der Waals surface area (Å²) in [7, 11) is 0. The molecule has 2 aromatic rings. The standard InChI is InChI=1S/C15H17N3O/c1-2-11-19-15(4-1)12-16-13-5-7-14(8-6-13)18-10-3-9-17-18/h2-3,5-11,15-16H,1,4,12H2. The van der Waals surface area contributed by atoms with E-state index in [2.05, 4.69) is 40.8 Å². The van der Waals surface area contributed by atoms with Crippen molar-refractivity contribution in [1.82, 2.24) is 9.78 Å². The van der Waals surface area contributed by atoms with Crippen molar-refractivity contribution in [3.05, 3.63) is 55.1 Å². The first kappa shape index (κ1) is 11.8. The van der Waals surface area contributed by atoms with Gasteiger partial charge in [0.05, 0.1) is 18.5 Å². The van der Waals surface area contributed by atoms with E-state index in [-0.39, 0.29) is 6.10 Å². The first-order valence-corrected chi connectivity index (χ1v) is 6.56. The quantitative estimate of drug-likeness (QED) is 0.913. The zero-order valence-electron chi connectivity index (χ0n) is 10.7. The highest BCUT2D eigenvalue weighted by atomic mass is 16.5. The molecule has 1 aromatic heterocycles. The van der Waals surface area contributed by atoms with Crippen LogP contribution in [0.1, 0.15) is 12.8 Å². The van der Waals surface area contributed by atoms with Crippen molar-refractivity contribution in [3.63, 3.8) is 0 Å². The summed E-state index contributed by atoms with van der Waals surface area (Å²) in [6.45, 7) is 0.839. The van der Waals surface area contributed by atoms with E-state index in [4.69, 9.17) is 4.74 Å². The summed E-state index contributed by atoms with van der Waals surface area (Å²) in [5, 5.41) is 7.60. The molecule has 0 saturated heterocycles. The number of ether oxygens (including phenoxy) is 1. The van der Waals surface area contributed by atoms with Gasteiger partial charge >= 0.3 is 0 Å². The van der Waals surface area contributed by atoms with Gasteiger partial charge in [-0.15, -0.1) is 0 Å². The average molecular weight is 255 g/mol. The van der Waals surface area contributed by atoms with E-state index in [0.717, 1.165) is 30.8 Å². The normalized spacial score (nSPS) is 18.0. The fraction of sp³-hybridized carbons (Fsp3) is 0.267. The lowest BCUT2D eigenvalue weighted by Gasteiger charge is -2.20. The predicted molar refractivity (Wildman–Crippen MR) is 75.3 cm³/mol. The van der Waals surface area contributed by atoms with Gasteiger partial charge in [-0.3, -0.25) is 0 Å². The Bertz CT molecular complexity index is 531. The maximum absolute atomic E-state index is 5.53. The molecular weight excluding hydrogens is 238 g/mol. The minimum absolute atomic E-state index is 0.274.